The highest BCUT2D eigenvalue weighted by Crippen LogP contribution is 2.30. The number of aldehydes is 1. The molecule has 0 saturated carbocycles. The second-order valence-corrected chi connectivity index (χ2v) is 4.08. The Morgan fingerprint density at radius 2 is 1.81 bits per heavy atom. The number of rotatable bonds is 2. The SMILES string of the molecule is Cc1ccc(C=O)cc1-c1ccccc1Cl. The molecule has 0 aliphatic heterocycles. The van der Waals surface area contributed by atoms with Crippen molar-refractivity contribution in [1.82, 2.24) is 0 Å². The molecule has 2 rings (SSSR count). The molecule has 2 aromatic rings. The molecule has 0 amide bonds. The lowest BCUT2D eigenvalue weighted by atomic mass is 9.98. The van der Waals surface area contributed by atoms with E-state index in [1.54, 1.807) is 0 Å². The molecule has 0 aliphatic carbocycles. The lowest BCUT2D eigenvalue weighted by molar-refractivity contribution is 0.112. The molecule has 2 heteroatoms. The fourth-order valence-corrected chi connectivity index (χ4v) is 1.92. The summed E-state index contributed by atoms with van der Waals surface area (Å²) in [6, 6.07) is 13.2. The number of hydrogen-bond donors (Lipinski definition) is 0. The van der Waals surface area contributed by atoms with Crippen LogP contribution in [0.25, 0.3) is 11.1 Å². The van der Waals surface area contributed by atoms with E-state index in [4.69, 9.17) is 11.6 Å². The summed E-state index contributed by atoms with van der Waals surface area (Å²) in [5.74, 6) is 0. The van der Waals surface area contributed by atoms with Gasteiger partial charge in [-0.15, -0.1) is 0 Å². The second kappa shape index (κ2) is 4.50. The normalized spacial score (nSPS) is 10.1. The van der Waals surface area contributed by atoms with E-state index in [0.29, 0.717) is 10.6 Å². The third-order valence-corrected chi connectivity index (χ3v) is 2.89. The topological polar surface area (TPSA) is 17.1 Å². The maximum atomic E-state index is 10.8. The van der Waals surface area contributed by atoms with Gasteiger partial charge in [0.1, 0.15) is 6.29 Å². The Balaban J connectivity index is 2.63. The largest absolute Gasteiger partial charge is 0.298 e. The third kappa shape index (κ3) is 2.00. The zero-order valence-corrected chi connectivity index (χ0v) is 9.66. The van der Waals surface area contributed by atoms with E-state index in [1.165, 1.54) is 0 Å². The van der Waals surface area contributed by atoms with Gasteiger partial charge in [0.25, 0.3) is 0 Å². The molecule has 0 spiro atoms. The monoisotopic (exact) mass is 230 g/mol. The summed E-state index contributed by atoms with van der Waals surface area (Å²) in [5, 5.41) is 0.702. The molecule has 0 unspecified atom stereocenters. The first kappa shape index (κ1) is 10.9. The molecule has 1 nitrogen and oxygen atoms in total. The first-order valence-electron chi connectivity index (χ1n) is 5.03. The Bertz CT molecular complexity index is 532. The molecular weight excluding hydrogens is 220 g/mol. The van der Waals surface area contributed by atoms with Crippen LogP contribution in [-0.2, 0) is 0 Å². The molecule has 0 bridgehead atoms. The number of benzene rings is 2. The molecule has 0 atom stereocenters. The van der Waals surface area contributed by atoms with Crippen LogP contribution in [0.1, 0.15) is 15.9 Å². The van der Waals surface area contributed by atoms with Gasteiger partial charge in [-0.05, 0) is 30.2 Å². The Hall–Kier alpha value is -1.60. The van der Waals surface area contributed by atoms with Gasteiger partial charge in [0.2, 0.25) is 0 Å². The van der Waals surface area contributed by atoms with Crippen molar-refractivity contribution in [2.24, 2.45) is 0 Å². The summed E-state index contributed by atoms with van der Waals surface area (Å²) in [5.41, 5.74) is 3.75. The minimum absolute atomic E-state index is 0.667. The van der Waals surface area contributed by atoms with Crippen molar-refractivity contribution in [3.8, 4) is 11.1 Å². The lowest BCUT2D eigenvalue weighted by Gasteiger charge is -2.08. The van der Waals surface area contributed by atoms with E-state index >= 15 is 0 Å². The number of carbonyl (C=O) groups excluding carboxylic acids is 1. The predicted molar refractivity (Wildman–Crippen MR) is 67.0 cm³/mol. The van der Waals surface area contributed by atoms with Crippen LogP contribution in [-0.4, -0.2) is 6.29 Å². The summed E-state index contributed by atoms with van der Waals surface area (Å²) in [6.07, 6.45) is 0.847. The Labute approximate surface area is 99.7 Å². The molecule has 0 saturated heterocycles. The van der Waals surface area contributed by atoms with Gasteiger partial charge in [0.15, 0.2) is 0 Å². The summed E-state index contributed by atoms with van der Waals surface area (Å²) >= 11 is 6.14. The average Bonchev–Trinajstić information content (AvgIpc) is 2.31. The fourth-order valence-electron chi connectivity index (χ4n) is 1.68. The van der Waals surface area contributed by atoms with Crippen LogP contribution in [0, 0.1) is 6.92 Å². The van der Waals surface area contributed by atoms with Crippen LogP contribution in [0.2, 0.25) is 5.02 Å². The average molecular weight is 231 g/mol. The Morgan fingerprint density at radius 1 is 1.06 bits per heavy atom. The number of aryl methyl sites for hydroxylation is 1. The van der Waals surface area contributed by atoms with Gasteiger partial charge in [-0.1, -0.05) is 41.9 Å². The van der Waals surface area contributed by atoms with E-state index in [-0.39, 0.29) is 0 Å². The standard InChI is InChI=1S/C14H11ClO/c1-10-6-7-11(9-16)8-13(10)12-4-2-3-5-14(12)15/h2-9H,1H3. The fraction of sp³-hybridized carbons (Fsp3) is 0.0714. The highest BCUT2D eigenvalue weighted by atomic mass is 35.5. The molecular formula is C14H11ClO. The summed E-state index contributed by atoms with van der Waals surface area (Å²) < 4.78 is 0. The maximum Gasteiger partial charge on any atom is 0.150 e. The van der Waals surface area contributed by atoms with E-state index in [1.807, 2.05) is 49.4 Å². The van der Waals surface area contributed by atoms with Crippen LogP contribution < -0.4 is 0 Å². The predicted octanol–water partition coefficient (Wildman–Crippen LogP) is 4.13. The van der Waals surface area contributed by atoms with Crippen molar-refractivity contribution in [1.29, 1.82) is 0 Å². The van der Waals surface area contributed by atoms with Gasteiger partial charge >= 0.3 is 0 Å². The zero-order valence-electron chi connectivity index (χ0n) is 8.91. The van der Waals surface area contributed by atoms with E-state index in [2.05, 4.69) is 0 Å². The van der Waals surface area contributed by atoms with E-state index < -0.39 is 0 Å². The number of halogens is 1. The number of carbonyl (C=O) groups is 1. The van der Waals surface area contributed by atoms with Crippen LogP contribution in [0.5, 0.6) is 0 Å². The highest BCUT2D eigenvalue weighted by Gasteiger charge is 2.06. The molecule has 2 aromatic carbocycles. The van der Waals surface area contributed by atoms with Crippen LogP contribution in [0.3, 0.4) is 0 Å². The molecule has 0 aromatic heterocycles. The van der Waals surface area contributed by atoms with Crippen molar-refractivity contribution in [2.45, 2.75) is 6.92 Å². The van der Waals surface area contributed by atoms with Gasteiger partial charge in [0.05, 0.1) is 0 Å². The van der Waals surface area contributed by atoms with E-state index in [9.17, 15) is 4.79 Å². The van der Waals surface area contributed by atoms with Crippen molar-refractivity contribution >= 4 is 17.9 Å². The van der Waals surface area contributed by atoms with Crippen molar-refractivity contribution < 1.29 is 4.79 Å². The molecule has 0 heterocycles. The minimum atomic E-state index is 0.667. The molecule has 16 heavy (non-hydrogen) atoms. The first-order valence-corrected chi connectivity index (χ1v) is 5.41. The third-order valence-electron chi connectivity index (χ3n) is 2.56. The molecule has 0 fully saturated rings. The summed E-state index contributed by atoms with van der Waals surface area (Å²) in [7, 11) is 0. The highest BCUT2D eigenvalue weighted by molar-refractivity contribution is 6.33. The van der Waals surface area contributed by atoms with Gasteiger partial charge in [0, 0.05) is 16.1 Å². The van der Waals surface area contributed by atoms with Crippen molar-refractivity contribution in [2.75, 3.05) is 0 Å². The molecule has 80 valence electrons. The number of hydrogen-bond acceptors (Lipinski definition) is 1. The van der Waals surface area contributed by atoms with Gasteiger partial charge in [-0.2, -0.15) is 0 Å². The maximum absolute atomic E-state index is 10.8. The quantitative estimate of drug-likeness (QED) is 0.709. The van der Waals surface area contributed by atoms with Crippen LogP contribution in [0.15, 0.2) is 42.5 Å². The van der Waals surface area contributed by atoms with E-state index in [0.717, 1.165) is 23.0 Å². The van der Waals surface area contributed by atoms with Crippen LogP contribution >= 0.6 is 11.6 Å². The second-order valence-electron chi connectivity index (χ2n) is 3.67. The zero-order chi connectivity index (χ0) is 11.5. The molecule has 0 N–H and O–H groups in total. The summed E-state index contributed by atoms with van der Waals surface area (Å²) in [4.78, 5) is 10.8. The minimum Gasteiger partial charge on any atom is -0.298 e. The van der Waals surface area contributed by atoms with Gasteiger partial charge < -0.3 is 0 Å². The van der Waals surface area contributed by atoms with Gasteiger partial charge in [-0.3, -0.25) is 4.79 Å². The van der Waals surface area contributed by atoms with Crippen molar-refractivity contribution in [3.63, 3.8) is 0 Å². The smallest absolute Gasteiger partial charge is 0.150 e. The van der Waals surface area contributed by atoms with Gasteiger partial charge in [-0.25, -0.2) is 0 Å². The molecule has 0 radical (unpaired) electrons. The Morgan fingerprint density at radius 3 is 2.50 bits per heavy atom. The van der Waals surface area contributed by atoms with Crippen LogP contribution in [0.4, 0.5) is 0 Å². The summed E-state index contributed by atoms with van der Waals surface area (Å²) in [6.45, 7) is 2.01. The lowest BCUT2D eigenvalue weighted by Crippen LogP contribution is -1.87. The molecule has 0 aliphatic rings. The first-order chi connectivity index (χ1) is 7.72. The Kier molecular flexibility index (Phi) is 3.07. The van der Waals surface area contributed by atoms with Crippen molar-refractivity contribution in [3.05, 3.63) is 58.6 Å².